The van der Waals surface area contributed by atoms with Crippen molar-refractivity contribution in [3.05, 3.63) is 0 Å². The molecule has 4 nitrogen and oxygen atoms in total. The highest BCUT2D eigenvalue weighted by Crippen LogP contribution is 2.36. The van der Waals surface area contributed by atoms with Crippen LogP contribution in [0.25, 0.3) is 0 Å². The molecule has 1 fully saturated rings. The quantitative estimate of drug-likeness (QED) is 0.604. The summed E-state index contributed by atoms with van der Waals surface area (Å²) in [7, 11) is 0. The molecule has 1 saturated carbocycles. The van der Waals surface area contributed by atoms with Gasteiger partial charge in [0.15, 0.2) is 0 Å². The third kappa shape index (κ3) is 2.53. The summed E-state index contributed by atoms with van der Waals surface area (Å²) in [6.07, 6.45) is 2.26. The highest BCUT2D eigenvalue weighted by atomic mass is 16.2. The molecule has 1 rings (SSSR count). The normalized spacial score (nSPS) is 18.4. The van der Waals surface area contributed by atoms with E-state index < -0.39 is 5.91 Å². The lowest BCUT2D eigenvalue weighted by atomic mass is 10.1. The Balaban J connectivity index is 2.22. The Morgan fingerprint density at radius 2 is 2.17 bits per heavy atom. The molecular formula is C8H14N2O2. The van der Waals surface area contributed by atoms with Gasteiger partial charge in [0.05, 0.1) is 6.54 Å². The van der Waals surface area contributed by atoms with Crippen LogP contribution >= 0.6 is 0 Å². The molecule has 0 spiro atoms. The molecule has 0 radical (unpaired) electrons. The molecule has 0 saturated heterocycles. The van der Waals surface area contributed by atoms with Crippen LogP contribution in [-0.4, -0.2) is 18.4 Å². The van der Waals surface area contributed by atoms with Crippen LogP contribution in [0.5, 0.6) is 0 Å². The maximum Gasteiger partial charge on any atom is 0.236 e. The van der Waals surface area contributed by atoms with Crippen LogP contribution in [0.2, 0.25) is 0 Å². The van der Waals surface area contributed by atoms with Gasteiger partial charge in [0.1, 0.15) is 0 Å². The first-order valence-corrected chi connectivity index (χ1v) is 4.17. The molecule has 0 heterocycles. The van der Waals surface area contributed by atoms with Crippen LogP contribution in [0, 0.1) is 11.8 Å². The van der Waals surface area contributed by atoms with E-state index in [9.17, 15) is 9.59 Å². The summed E-state index contributed by atoms with van der Waals surface area (Å²) in [6.45, 7) is 1.84. The molecule has 4 heteroatoms. The van der Waals surface area contributed by atoms with E-state index in [-0.39, 0.29) is 18.4 Å². The fourth-order valence-electron chi connectivity index (χ4n) is 1.15. The van der Waals surface area contributed by atoms with Gasteiger partial charge in [0.25, 0.3) is 0 Å². The summed E-state index contributed by atoms with van der Waals surface area (Å²) < 4.78 is 0. The van der Waals surface area contributed by atoms with Gasteiger partial charge in [-0.05, 0) is 18.8 Å². The summed E-state index contributed by atoms with van der Waals surface area (Å²) in [5.41, 5.74) is 4.88. The van der Waals surface area contributed by atoms with Crippen molar-refractivity contribution in [3.8, 4) is 0 Å². The van der Waals surface area contributed by atoms with Crippen molar-refractivity contribution in [2.24, 2.45) is 17.6 Å². The van der Waals surface area contributed by atoms with E-state index in [0.29, 0.717) is 5.92 Å². The minimum atomic E-state index is -0.494. The van der Waals surface area contributed by atoms with Gasteiger partial charge in [0, 0.05) is 5.92 Å². The predicted octanol–water partition coefficient (Wildman–Crippen LogP) is -0.366. The SMILES string of the molecule is CC(C(=O)NCC(N)=O)C1CC1. The largest absolute Gasteiger partial charge is 0.368 e. The molecule has 1 aliphatic rings. The lowest BCUT2D eigenvalue weighted by molar-refractivity contribution is -0.127. The van der Waals surface area contributed by atoms with E-state index in [0.717, 1.165) is 12.8 Å². The number of primary amides is 1. The first-order valence-electron chi connectivity index (χ1n) is 4.17. The first-order chi connectivity index (χ1) is 5.61. The van der Waals surface area contributed by atoms with Crippen molar-refractivity contribution in [3.63, 3.8) is 0 Å². The number of nitrogens with one attached hydrogen (secondary N) is 1. The van der Waals surface area contributed by atoms with E-state index in [1.165, 1.54) is 0 Å². The van der Waals surface area contributed by atoms with Gasteiger partial charge in [-0.2, -0.15) is 0 Å². The van der Waals surface area contributed by atoms with Crippen molar-refractivity contribution < 1.29 is 9.59 Å². The molecule has 2 amide bonds. The number of hydrogen-bond donors (Lipinski definition) is 2. The fourth-order valence-corrected chi connectivity index (χ4v) is 1.15. The molecular weight excluding hydrogens is 156 g/mol. The Morgan fingerprint density at radius 1 is 1.58 bits per heavy atom. The molecule has 68 valence electrons. The Bertz CT molecular complexity index is 199. The molecule has 1 aliphatic carbocycles. The maximum absolute atomic E-state index is 11.2. The fraction of sp³-hybridized carbons (Fsp3) is 0.750. The summed E-state index contributed by atoms with van der Waals surface area (Å²) in [5.74, 6) is 0.00451. The number of hydrogen-bond acceptors (Lipinski definition) is 2. The van der Waals surface area contributed by atoms with Crippen molar-refractivity contribution in [1.29, 1.82) is 0 Å². The topological polar surface area (TPSA) is 72.2 Å². The van der Waals surface area contributed by atoms with E-state index >= 15 is 0 Å². The predicted molar refractivity (Wildman–Crippen MR) is 44.1 cm³/mol. The van der Waals surface area contributed by atoms with Crippen LogP contribution in [-0.2, 0) is 9.59 Å². The lowest BCUT2D eigenvalue weighted by Crippen LogP contribution is -2.36. The Morgan fingerprint density at radius 3 is 2.58 bits per heavy atom. The van der Waals surface area contributed by atoms with E-state index in [4.69, 9.17) is 5.73 Å². The Kier molecular flexibility index (Phi) is 2.68. The van der Waals surface area contributed by atoms with E-state index in [1.54, 1.807) is 0 Å². The Hall–Kier alpha value is -1.06. The van der Waals surface area contributed by atoms with Gasteiger partial charge in [-0.3, -0.25) is 9.59 Å². The van der Waals surface area contributed by atoms with Crippen molar-refractivity contribution in [1.82, 2.24) is 5.32 Å². The zero-order chi connectivity index (χ0) is 9.14. The zero-order valence-corrected chi connectivity index (χ0v) is 7.17. The molecule has 1 atom stereocenters. The van der Waals surface area contributed by atoms with Crippen LogP contribution in [0.4, 0.5) is 0 Å². The van der Waals surface area contributed by atoms with Crippen LogP contribution in [0.15, 0.2) is 0 Å². The van der Waals surface area contributed by atoms with Crippen LogP contribution in [0.1, 0.15) is 19.8 Å². The van der Waals surface area contributed by atoms with Gasteiger partial charge in [-0.25, -0.2) is 0 Å². The average molecular weight is 170 g/mol. The molecule has 0 aromatic rings. The second-order valence-corrected chi connectivity index (χ2v) is 3.31. The molecule has 12 heavy (non-hydrogen) atoms. The molecule has 0 aromatic heterocycles. The van der Waals surface area contributed by atoms with Gasteiger partial charge >= 0.3 is 0 Å². The second-order valence-electron chi connectivity index (χ2n) is 3.31. The summed E-state index contributed by atoms with van der Waals surface area (Å²) in [5, 5.41) is 2.49. The highest BCUT2D eigenvalue weighted by molar-refractivity contribution is 5.85. The highest BCUT2D eigenvalue weighted by Gasteiger charge is 2.32. The number of rotatable bonds is 4. The van der Waals surface area contributed by atoms with E-state index in [2.05, 4.69) is 5.32 Å². The minimum Gasteiger partial charge on any atom is -0.368 e. The van der Waals surface area contributed by atoms with Crippen LogP contribution < -0.4 is 11.1 Å². The number of carbonyl (C=O) groups excluding carboxylic acids is 2. The molecule has 1 unspecified atom stereocenters. The lowest BCUT2D eigenvalue weighted by Gasteiger charge is -2.08. The van der Waals surface area contributed by atoms with Crippen LogP contribution in [0.3, 0.4) is 0 Å². The Labute approximate surface area is 71.5 Å². The number of nitrogens with two attached hydrogens (primary N) is 1. The number of carbonyl (C=O) groups is 2. The molecule has 0 bridgehead atoms. The molecule has 3 N–H and O–H groups in total. The third-order valence-electron chi connectivity index (χ3n) is 2.18. The van der Waals surface area contributed by atoms with Gasteiger partial charge in [-0.15, -0.1) is 0 Å². The maximum atomic E-state index is 11.2. The van der Waals surface area contributed by atoms with Crippen molar-refractivity contribution >= 4 is 11.8 Å². The smallest absolute Gasteiger partial charge is 0.236 e. The van der Waals surface area contributed by atoms with Crippen molar-refractivity contribution in [2.75, 3.05) is 6.54 Å². The molecule has 0 aliphatic heterocycles. The van der Waals surface area contributed by atoms with E-state index in [1.807, 2.05) is 6.92 Å². The van der Waals surface area contributed by atoms with Crippen molar-refractivity contribution in [2.45, 2.75) is 19.8 Å². The monoisotopic (exact) mass is 170 g/mol. The van der Waals surface area contributed by atoms with Gasteiger partial charge in [0.2, 0.25) is 11.8 Å². The summed E-state index contributed by atoms with van der Waals surface area (Å²) in [4.78, 5) is 21.5. The second kappa shape index (κ2) is 3.56. The first kappa shape index (κ1) is 9.03. The molecule has 0 aromatic carbocycles. The van der Waals surface area contributed by atoms with Gasteiger partial charge in [-0.1, -0.05) is 6.92 Å². The average Bonchev–Trinajstić information content (AvgIpc) is 2.80. The number of amides is 2. The minimum absolute atomic E-state index is 0.0318. The summed E-state index contributed by atoms with van der Waals surface area (Å²) >= 11 is 0. The third-order valence-corrected chi connectivity index (χ3v) is 2.18. The standard InChI is InChI=1S/C8H14N2O2/c1-5(6-2-3-6)8(12)10-4-7(9)11/h5-6H,2-4H2,1H3,(H2,9,11)(H,10,12). The zero-order valence-electron chi connectivity index (χ0n) is 7.17. The van der Waals surface area contributed by atoms with Gasteiger partial charge < -0.3 is 11.1 Å². The summed E-state index contributed by atoms with van der Waals surface area (Å²) in [6, 6.07) is 0.